The molecule has 1 atom stereocenters. The predicted octanol–water partition coefficient (Wildman–Crippen LogP) is 1.07. The Labute approximate surface area is 115 Å². The molecule has 1 aliphatic heterocycles. The average molecular weight is 261 g/mol. The van der Waals surface area contributed by atoms with Gasteiger partial charge in [0.05, 0.1) is 0 Å². The molecule has 4 heteroatoms. The first-order chi connectivity index (χ1) is 9.10. The molecule has 4 nitrogen and oxygen atoms in total. The Bertz CT molecular complexity index is 411. The first-order valence-corrected chi connectivity index (χ1v) is 6.96. The van der Waals surface area contributed by atoms with E-state index in [0.29, 0.717) is 6.54 Å². The van der Waals surface area contributed by atoms with Crippen molar-refractivity contribution < 1.29 is 4.79 Å². The minimum atomic E-state index is -0.966. The van der Waals surface area contributed by atoms with Crippen molar-refractivity contribution in [1.82, 2.24) is 10.2 Å². The summed E-state index contributed by atoms with van der Waals surface area (Å²) >= 11 is 0. The normalized spacial score (nSPS) is 19.1. The van der Waals surface area contributed by atoms with Crippen molar-refractivity contribution in [2.24, 2.45) is 5.73 Å². The third-order valence-electron chi connectivity index (χ3n) is 3.76. The van der Waals surface area contributed by atoms with E-state index < -0.39 is 5.54 Å². The second-order valence-corrected chi connectivity index (χ2v) is 5.37. The standard InChI is InChI=1S/C15H23N3O/c1-15(16,13-7-3-2-4-8-13)14(19)17-9-12-18-10-5-6-11-18/h2-4,7-8H,5-6,9-12,16H2,1H3,(H,17,19). The molecule has 1 aromatic rings. The van der Waals surface area contributed by atoms with Crippen molar-refractivity contribution in [2.45, 2.75) is 25.3 Å². The molecule has 1 aromatic carbocycles. The number of hydrogen-bond acceptors (Lipinski definition) is 3. The van der Waals surface area contributed by atoms with E-state index >= 15 is 0 Å². The largest absolute Gasteiger partial charge is 0.353 e. The number of rotatable bonds is 5. The van der Waals surface area contributed by atoms with E-state index in [2.05, 4.69) is 10.2 Å². The zero-order valence-corrected chi connectivity index (χ0v) is 11.6. The maximum atomic E-state index is 12.2. The fraction of sp³-hybridized carbons (Fsp3) is 0.533. The van der Waals surface area contributed by atoms with E-state index in [9.17, 15) is 4.79 Å². The van der Waals surface area contributed by atoms with E-state index in [1.54, 1.807) is 6.92 Å². The lowest BCUT2D eigenvalue weighted by molar-refractivity contribution is -0.126. The highest BCUT2D eigenvalue weighted by molar-refractivity contribution is 5.86. The Morgan fingerprint density at radius 2 is 1.95 bits per heavy atom. The summed E-state index contributed by atoms with van der Waals surface area (Å²) in [5.41, 5.74) is 6.03. The molecule has 1 fully saturated rings. The summed E-state index contributed by atoms with van der Waals surface area (Å²) in [4.78, 5) is 14.6. The van der Waals surface area contributed by atoms with Gasteiger partial charge >= 0.3 is 0 Å². The molecule has 0 aliphatic carbocycles. The number of carbonyl (C=O) groups excluding carboxylic acids is 1. The third-order valence-corrected chi connectivity index (χ3v) is 3.76. The lowest BCUT2D eigenvalue weighted by atomic mass is 9.92. The summed E-state index contributed by atoms with van der Waals surface area (Å²) in [6.07, 6.45) is 2.54. The average Bonchev–Trinajstić information content (AvgIpc) is 2.93. The van der Waals surface area contributed by atoms with Crippen molar-refractivity contribution in [1.29, 1.82) is 0 Å². The van der Waals surface area contributed by atoms with Gasteiger partial charge < -0.3 is 16.0 Å². The molecule has 0 radical (unpaired) electrons. The highest BCUT2D eigenvalue weighted by Gasteiger charge is 2.29. The van der Waals surface area contributed by atoms with Crippen molar-refractivity contribution in [3.05, 3.63) is 35.9 Å². The Balaban J connectivity index is 1.84. The van der Waals surface area contributed by atoms with Crippen molar-refractivity contribution in [3.8, 4) is 0 Å². The molecule has 19 heavy (non-hydrogen) atoms. The smallest absolute Gasteiger partial charge is 0.244 e. The predicted molar refractivity (Wildman–Crippen MR) is 76.7 cm³/mol. The van der Waals surface area contributed by atoms with Crippen LogP contribution in [0.3, 0.4) is 0 Å². The van der Waals surface area contributed by atoms with Crippen LogP contribution < -0.4 is 11.1 Å². The van der Waals surface area contributed by atoms with Gasteiger partial charge in [0.1, 0.15) is 5.54 Å². The monoisotopic (exact) mass is 261 g/mol. The summed E-state index contributed by atoms with van der Waals surface area (Å²) in [6, 6.07) is 9.50. The fourth-order valence-corrected chi connectivity index (χ4v) is 2.43. The van der Waals surface area contributed by atoms with Gasteiger partial charge in [-0.2, -0.15) is 0 Å². The van der Waals surface area contributed by atoms with Crippen LogP contribution in [0.25, 0.3) is 0 Å². The molecule has 0 aromatic heterocycles. The summed E-state index contributed by atoms with van der Waals surface area (Å²) < 4.78 is 0. The lowest BCUT2D eigenvalue weighted by Gasteiger charge is -2.25. The highest BCUT2D eigenvalue weighted by atomic mass is 16.2. The molecule has 3 N–H and O–H groups in total. The Kier molecular flexibility index (Phi) is 4.56. The SMILES string of the molecule is CC(N)(C(=O)NCCN1CCCC1)c1ccccc1. The summed E-state index contributed by atoms with van der Waals surface area (Å²) in [5, 5.41) is 2.94. The van der Waals surface area contributed by atoms with E-state index in [4.69, 9.17) is 5.73 Å². The van der Waals surface area contributed by atoms with E-state index in [1.807, 2.05) is 30.3 Å². The number of carbonyl (C=O) groups is 1. The molecule has 1 saturated heterocycles. The molecular formula is C15H23N3O. The van der Waals surface area contributed by atoms with Crippen LogP contribution in [0.4, 0.5) is 0 Å². The molecule has 0 saturated carbocycles. The first kappa shape index (κ1) is 14.0. The fourth-order valence-electron chi connectivity index (χ4n) is 2.43. The summed E-state index contributed by atoms with van der Waals surface area (Å²) in [6.45, 7) is 5.63. The molecule has 104 valence electrons. The first-order valence-electron chi connectivity index (χ1n) is 6.96. The van der Waals surface area contributed by atoms with Gasteiger partial charge in [0.25, 0.3) is 0 Å². The Hall–Kier alpha value is -1.39. The highest BCUT2D eigenvalue weighted by Crippen LogP contribution is 2.17. The van der Waals surface area contributed by atoms with Gasteiger partial charge in [0, 0.05) is 13.1 Å². The van der Waals surface area contributed by atoms with Gasteiger partial charge in [0.15, 0.2) is 0 Å². The topological polar surface area (TPSA) is 58.4 Å². The molecular weight excluding hydrogens is 238 g/mol. The van der Waals surface area contributed by atoms with Crippen molar-refractivity contribution in [3.63, 3.8) is 0 Å². The summed E-state index contributed by atoms with van der Waals surface area (Å²) in [7, 11) is 0. The lowest BCUT2D eigenvalue weighted by Crippen LogP contribution is -2.50. The molecule has 1 amide bonds. The number of benzene rings is 1. The van der Waals surface area contributed by atoms with Crippen LogP contribution in [0.1, 0.15) is 25.3 Å². The number of amides is 1. The number of nitrogens with two attached hydrogens (primary N) is 1. The molecule has 0 spiro atoms. The van der Waals surface area contributed by atoms with Gasteiger partial charge in [-0.1, -0.05) is 30.3 Å². The summed E-state index contributed by atoms with van der Waals surface area (Å²) in [5.74, 6) is -0.113. The molecule has 1 unspecified atom stereocenters. The van der Waals surface area contributed by atoms with Crippen LogP contribution in [0.15, 0.2) is 30.3 Å². The maximum absolute atomic E-state index is 12.2. The second kappa shape index (κ2) is 6.17. The second-order valence-electron chi connectivity index (χ2n) is 5.37. The van der Waals surface area contributed by atoms with Gasteiger partial charge in [0.2, 0.25) is 5.91 Å². The zero-order chi connectivity index (χ0) is 13.7. The number of hydrogen-bond donors (Lipinski definition) is 2. The molecule has 1 aliphatic rings. The van der Waals surface area contributed by atoms with E-state index in [0.717, 1.165) is 25.2 Å². The van der Waals surface area contributed by atoms with Gasteiger partial charge in [-0.15, -0.1) is 0 Å². The number of nitrogens with zero attached hydrogens (tertiary/aromatic N) is 1. The molecule has 1 heterocycles. The van der Waals surface area contributed by atoms with Crippen LogP contribution in [0, 0.1) is 0 Å². The number of likely N-dealkylation sites (tertiary alicyclic amines) is 1. The minimum Gasteiger partial charge on any atom is -0.353 e. The van der Waals surface area contributed by atoms with Gasteiger partial charge in [-0.3, -0.25) is 4.79 Å². The quantitative estimate of drug-likeness (QED) is 0.833. The zero-order valence-electron chi connectivity index (χ0n) is 11.6. The van der Waals surface area contributed by atoms with Crippen LogP contribution in [-0.4, -0.2) is 37.0 Å². The van der Waals surface area contributed by atoms with E-state index in [1.165, 1.54) is 12.8 Å². The van der Waals surface area contributed by atoms with Crippen LogP contribution >= 0.6 is 0 Å². The third kappa shape index (κ3) is 3.55. The van der Waals surface area contributed by atoms with Crippen molar-refractivity contribution in [2.75, 3.05) is 26.2 Å². The van der Waals surface area contributed by atoms with E-state index in [-0.39, 0.29) is 5.91 Å². The maximum Gasteiger partial charge on any atom is 0.244 e. The van der Waals surface area contributed by atoms with Crippen molar-refractivity contribution >= 4 is 5.91 Å². The van der Waals surface area contributed by atoms with Crippen LogP contribution in [-0.2, 0) is 10.3 Å². The molecule has 2 rings (SSSR count). The minimum absolute atomic E-state index is 0.113. The van der Waals surface area contributed by atoms with Gasteiger partial charge in [-0.25, -0.2) is 0 Å². The van der Waals surface area contributed by atoms with Crippen LogP contribution in [0.5, 0.6) is 0 Å². The Morgan fingerprint density at radius 3 is 2.58 bits per heavy atom. The Morgan fingerprint density at radius 1 is 1.32 bits per heavy atom. The van der Waals surface area contributed by atoms with Gasteiger partial charge in [-0.05, 0) is 38.4 Å². The molecule has 0 bridgehead atoms. The van der Waals surface area contributed by atoms with Crippen LogP contribution in [0.2, 0.25) is 0 Å². The number of nitrogens with one attached hydrogen (secondary N) is 1.